The summed E-state index contributed by atoms with van der Waals surface area (Å²) in [4.78, 5) is 26.7. The van der Waals surface area contributed by atoms with E-state index < -0.39 is 11.4 Å². The fourth-order valence-electron chi connectivity index (χ4n) is 5.35. The molecule has 0 saturated heterocycles. The summed E-state index contributed by atoms with van der Waals surface area (Å²) in [5, 5.41) is 17.0. The third-order valence-corrected chi connectivity index (χ3v) is 7.88. The molecule has 2 saturated carbocycles. The number of rotatable bonds is 8. The average molecular weight is 497 g/mol. The van der Waals surface area contributed by atoms with Gasteiger partial charge >= 0.3 is 0 Å². The van der Waals surface area contributed by atoms with Crippen LogP contribution in [-0.4, -0.2) is 34.7 Å². The number of hydrogen-bond donors (Lipinski definition) is 2. The second-order valence-electron chi connectivity index (χ2n) is 10.3. The van der Waals surface area contributed by atoms with Crippen LogP contribution in [0.3, 0.4) is 0 Å². The summed E-state index contributed by atoms with van der Waals surface area (Å²) in [6.07, 6.45) is 6.77. The summed E-state index contributed by atoms with van der Waals surface area (Å²) >= 11 is 0. The molecule has 37 heavy (non-hydrogen) atoms. The van der Waals surface area contributed by atoms with E-state index in [0.29, 0.717) is 6.04 Å². The molecule has 2 amide bonds. The van der Waals surface area contributed by atoms with E-state index in [1.54, 1.807) is 10.9 Å². The van der Waals surface area contributed by atoms with Gasteiger partial charge in [0.15, 0.2) is 5.82 Å². The second kappa shape index (κ2) is 10.1. The molecule has 0 aliphatic heterocycles. The molecule has 0 spiro atoms. The van der Waals surface area contributed by atoms with E-state index in [1.165, 1.54) is 11.1 Å². The Morgan fingerprint density at radius 3 is 2.32 bits per heavy atom. The lowest BCUT2D eigenvalue weighted by molar-refractivity contribution is -0.117. The van der Waals surface area contributed by atoms with Crippen LogP contribution < -0.4 is 16.0 Å². The zero-order chi connectivity index (χ0) is 26.0. The van der Waals surface area contributed by atoms with E-state index in [0.717, 1.165) is 44.2 Å². The number of hydrogen-bond acceptors (Lipinski definition) is 5. The fourth-order valence-corrected chi connectivity index (χ4v) is 5.35. The minimum Gasteiger partial charge on any atom is -0.372 e. The highest BCUT2D eigenvalue weighted by molar-refractivity contribution is 6.02. The van der Waals surface area contributed by atoms with Crippen LogP contribution in [0, 0.1) is 17.2 Å². The first-order valence-electron chi connectivity index (χ1n) is 12.9. The Hall–Kier alpha value is -4.12. The topological polar surface area (TPSA) is 117 Å². The number of carbonyl (C=O) groups is 2. The fraction of sp³-hybridized carbons (Fsp3) is 0.379. The summed E-state index contributed by atoms with van der Waals surface area (Å²) in [7, 11) is 2.12. The molecule has 1 aromatic heterocycles. The normalized spacial score (nSPS) is 21.1. The number of nitrogens with one attached hydrogen (secondary N) is 1. The molecule has 0 radical (unpaired) electrons. The molecule has 3 aromatic rings. The van der Waals surface area contributed by atoms with Gasteiger partial charge in [0, 0.05) is 30.9 Å². The highest BCUT2D eigenvalue weighted by Crippen LogP contribution is 2.41. The van der Waals surface area contributed by atoms with Crippen molar-refractivity contribution < 1.29 is 9.59 Å². The largest absolute Gasteiger partial charge is 0.372 e. The molecular weight excluding hydrogens is 464 g/mol. The number of anilines is 2. The number of amides is 2. The van der Waals surface area contributed by atoms with Crippen LogP contribution in [0.15, 0.2) is 60.8 Å². The predicted octanol–water partition coefficient (Wildman–Crippen LogP) is 4.69. The Balaban J connectivity index is 1.31. The lowest BCUT2D eigenvalue weighted by atomic mass is 9.77. The Morgan fingerprint density at radius 2 is 1.73 bits per heavy atom. The Labute approximate surface area is 217 Å². The number of nitriles is 1. The molecule has 8 nitrogen and oxygen atoms in total. The average Bonchev–Trinajstić information content (AvgIpc) is 3.69. The van der Waals surface area contributed by atoms with Crippen LogP contribution in [0.1, 0.15) is 55.3 Å². The van der Waals surface area contributed by atoms with Crippen LogP contribution in [-0.2, 0) is 10.3 Å². The third-order valence-electron chi connectivity index (χ3n) is 7.88. The summed E-state index contributed by atoms with van der Waals surface area (Å²) in [6, 6.07) is 21.6. The molecule has 2 aliphatic carbocycles. The van der Waals surface area contributed by atoms with E-state index in [9.17, 15) is 14.9 Å². The van der Waals surface area contributed by atoms with Crippen molar-refractivity contribution >= 4 is 23.3 Å². The third kappa shape index (κ3) is 5.08. The van der Waals surface area contributed by atoms with E-state index in [2.05, 4.69) is 64.8 Å². The first-order valence-corrected chi connectivity index (χ1v) is 12.9. The van der Waals surface area contributed by atoms with Gasteiger partial charge in [-0.3, -0.25) is 14.3 Å². The van der Waals surface area contributed by atoms with Gasteiger partial charge < -0.3 is 16.0 Å². The maximum atomic E-state index is 12.3. The van der Waals surface area contributed by atoms with Crippen LogP contribution in [0.4, 0.5) is 11.5 Å². The molecule has 5 rings (SSSR count). The van der Waals surface area contributed by atoms with Gasteiger partial charge in [0.1, 0.15) is 5.56 Å². The number of primary amides is 1. The summed E-state index contributed by atoms with van der Waals surface area (Å²) in [5.74, 6) is -0.603. The quantitative estimate of drug-likeness (QED) is 0.469. The van der Waals surface area contributed by atoms with Crippen LogP contribution in [0.5, 0.6) is 0 Å². The number of nitrogens with zero attached hydrogens (tertiary/aromatic N) is 4. The van der Waals surface area contributed by atoms with Gasteiger partial charge in [-0.1, -0.05) is 42.5 Å². The van der Waals surface area contributed by atoms with Gasteiger partial charge in [0.25, 0.3) is 5.91 Å². The first kappa shape index (κ1) is 24.6. The minimum atomic E-state index is -0.642. The monoisotopic (exact) mass is 496 g/mol. The van der Waals surface area contributed by atoms with Crippen molar-refractivity contribution in [1.82, 2.24) is 9.78 Å². The predicted molar refractivity (Wildman–Crippen MR) is 143 cm³/mol. The molecule has 2 aliphatic rings. The molecular formula is C29H32N6O2. The number of nitrogens with two attached hydrogens (primary N) is 1. The van der Waals surface area contributed by atoms with Crippen molar-refractivity contribution in [3.8, 4) is 17.2 Å². The summed E-state index contributed by atoms with van der Waals surface area (Å²) in [5.41, 5.74) is 8.77. The maximum Gasteiger partial charge on any atom is 0.254 e. The highest BCUT2D eigenvalue weighted by Gasteiger charge is 2.40. The molecule has 0 atom stereocenters. The first-order chi connectivity index (χ1) is 17.9. The molecule has 0 bridgehead atoms. The molecule has 0 unspecified atom stereocenters. The zero-order valence-electron chi connectivity index (χ0n) is 21.1. The summed E-state index contributed by atoms with van der Waals surface area (Å²) in [6.45, 7) is 0. The van der Waals surface area contributed by atoms with Crippen molar-refractivity contribution in [3.05, 3.63) is 66.4 Å². The van der Waals surface area contributed by atoms with Crippen molar-refractivity contribution in [2.45, 2.75) is 56.5 Å². The Kier molecular flexibility index (Phi) is 6.70. The molecule has 2 fully saturated rings. The molecule has 3 N–H and O–H groups in total. The van der Waals surface area contributed by atoms with Gasteiger partial charge in [-0.2, -0.15) is 10.4 Å². The van der Waals surface area contributed by atoms with E-state index in [4.69, 9.17) is 5.73 Å². The lowest BCUT2D eigenvalue weighted by Crippen LogP contribution is -2.44. The smallest absolute Gasteiger partial charge is 0.254 e. The van der Waals surface area contributed by atoms with Crippen molar-refractivity contribution in [2.75, 3.05) is 17.3 Å². The Bertz CT molecular complexity index is 1310. The maximum absolute atomic E-state index is 12.3. The Morgan fingerprint density at radius 1 is 1.08 bits per heavy atom. The number of benzene rings is 2. The highest BCUT2D eigenvalue weighted by atomic mass is 16.2. The van der Waals surface area contributed by atoms with Gasteiger partial charge in [0.2, 0.25) is 5.91 Å². The zero-order valence-corrected chi connectivity index (χ0v) is 21.1. The van der Waals surface area contributed by atoms with Crippen LogP contribution in [0.2, 0.25) is 0 Å². The standard InChI is InChI=1S/C29H32N6O2/c1-34(23-11-9-21(10-12-23)20-5-3-2-4-6-20)24-13-15-29(16-14-24,17-18-30)35-19-25(26(31)36)27(33-35)32-28(37)22-7-8-22/h2-6,9-12,19,22,24H,7-8,13-17H2,1H3,(H2,31,36)(H,32,33,37). The van der Waals surface area contributed by atoms with E-state index >= 15 is 0 Å². The van der Waals surface area contributed by atoms with Crippen LogP contribution in [0.25, 0.3) is 11.1 Å². The number of aromatic nitrogens is 2. The number of carbonyl (C=O) groups excluding carboxylic acids is 2. The molecule has 1 heterocycles. The molecule has 2 aromatic carbocycles. The van der Waals surface area contributed by atoms with Crippen molar-refractivity contribution in [3.63, 3.8) is 0 Å². The summed E-state index contributed by atoms with van der Waals surface area (Å²) < 4.78 is 1.71. The SMILES string of the molecule is CN(c1ccc(-c2ccccc2)cc1)C1CCC(CC#N)(n2cc(C(N)=O)c(NC(=O)C3CC3)n2)CC1. The molecule has 190 valence electrons. The van der Waals surface area contributed by atoms with E-state index in [1.807, 2.05) is 18.2 Å². The van der Waals surface area contributed by atoms with E-state index in [-0.39, 0.29) is 29.6 Å². The minimum absolute atomic E-state index is 0.0216. The van der Waals surface area contributed by atoms with Crippen molar-refractivity contribution in [2.24, 2.45) is 11.7 Å². The van der Waals surface area contributed by atoms with Gasteiger partial charge in [-0.05, 0) is 61.8 Å². The lowest BCUT2D eigenvalue weighted by Gasteiger charge is -2.42. The molecule has 8 heteroatoms. The second-order valence-corrected chi connectivity index (χ2v) is 10.3. The van der Waals surface area contributed by atoms with Gasteiger partial charge in [-0.25, -0.2) is 0 Å². The van der Waals surface area contributed by atoms with Crippen LogP contribution >= 0.6 is 0 Å². The van der Waals surface area contributed by atoms with Gasteiger partial charge in [-0.15, -0.1) is 0 Å². The van der Waals surface area contributed by atoms with Crippen molar-refractivity contribution in [1.29, 1.82) is 5.26 Å². The van der Waals surface area contributed by atoms with Gasteiger partial charge in [0.05, 0.1) is 18.0 Å².